The van der Waals surface area contributed by atoms with Crippen LogP contribution in [-0.4, -0.2) is 63.1 Å². The van der Waals surface area contributed by atoms with E-state index in [1.54, 1.807) is 6.20 Å². The number of hydrogen-bond donors (Lipinski definition) is 2. The number of aromatic amines is 1. The highest BCUT2D eigenvalue weighted by Gasteiger charge is 2.40. The summed E-state index contributed by atoms with van der Waals surface area (Å²) in [6, 6.07) is -0.634. The van der Waals surface area contributed by atoms with Gasteiger partial charge in [0.05, 0.1) is 25.1 Å². The van der Waals surface area contributed by atoms with Crippen molar-refractivity contribution in [2.24, 2.45) is 5.41 Å². The molecule has 0 bridgehead atoms. The highest BCUT2D eigenvalue weighted by molar-refractivity contribution is 5.85. The van der Waals surface area contributed by atoms with E-state index in [0.29, 0.717) is 6.42 Å². The maximum atomic E-state index is 12.0. The predicted octanol–water partition coefficient (Wildman–Crippen LogP) is 1.24. The van der Waals surface area contributed by atoms with Crippen LogP contribution in [0, 0.1) is 5.41 Å². The number of ether oxygens (including phenoxy) is 1. The van der Waals surface area contributed by atoms with Crippen LogP contribution in [0.15, 0.2) is 6.20 Å². The number of nitrogens with one attached hydrogen (secondary N) is 1. The highest BCUT2D eigenvalue weighted by Crippen LogP contribution is 2.38. The molecule has 0 spiro atoms. The zero-order chi connectivity index (χ0) is 18.6. The van der Waals surface area contributed by atoms with Crippen molar-refractivity contribution in [1.29, 1.82) is 0 Å². The van der Waals surface area contributed by atoms with Crippen molar-refractivity contribution < 1.29 is 19.4 Å². The topological polar surface area (TPSA) is 108 Å². The molecular weight excluding hydrogens is 324 g/mol. The highest BCUT2D eigenvalue weighted by atomic mass is 16.5. The molecule has 1 saturated heterocycles. The Bertz CT molecular complexity index is 578. The van der Waals surface area contributed by atoms with Gasteiger partial charge in [0.1, 0.15) is 6.04 Å². The molecule has 0 radical (unpaired) electrons. The van der Waals surface area contributed by atoms with Crippen molar-refractivity contribution >= 4 is 11.9 Å². The van der Waals surface area contributed by atoms with Crippen LogP contribution in [0.25, 0.3) is 0 Å². The molecule has 2 heterocycles. The van der Waals surface area contributed by atoms with E-state index in [2.05, 4.69) is 20.1 Å². The molecule has 140 valence electrons. The van der Waals surface area contributed by atoms with Crippen LogP contribution in [-0.2, 0) is 14.3 Å². The summed E-state index contributed by atoms with van der Waals surface area (Å²) in [4.78, 5) is 25.0. The fraction of sp³-hybridized carbons (Fsp3) is 0.765. The molecule has 8 heteroatoms. The van der Waals surface area contributed by atoms with Crippen molar-refractivity contribution in [2.45, 2.75) is 64.5 Å². The summed E-state index contributed by atoms with van der Waals surface area (Å²) in [5, 5.41) is 19.8. The van der Waals surface area contributed by atoms with Crippen molar-refractivity contribution in [3.63, 3.8) is 0 Å². The first-order chi connectivity index (χ1) is 11.7. The number of aromatic nitrogens is 3. The summed E-state index contributed by atoms with van der Waals surface area (Å²) in [7, 11) is 1.29. The summed E-state index contributed by atoms with van der Waals surface area (Å²) in [6.07, 6.45) is 4.38. The number of H-pyrrole nitrogens is 1. The first-order valence-corrected chi connectivity index (χ1v) is 8.62. The molecule has 2 atom stereocenters. The Labute approximate surface area is 147 Å². The second kappa shape index (κ2) is 7.95. The smallest absolute Gasteiger partial charge is 0.328 e. The van der Waals surface area contributed by atoms with Gasteiger partial charge in [0.25, 0.3) is 0 Å². The lowest BCUT2D eigenvalue weighted by Gasteiger charge is -2.26. The summed E-state index contributed by atoms with van der Waals surface area (Å²) >= 11 is 0. The molecule has 1 aromatic heterocycles. The lowest BCUT2D eigenvalue weighted by atomic mass is 9.91. The Hall–Kier alpha value is -1.96. The number of likely N-dealkylation sites (tertiary alicyclic amines) is 1. The Morgan fingerprint density at radius 1 is 1.40 bits per heavy atom. The van der Waals surface area contributed by atoms with Gasteiger partial charge < -0.3 is 14.7 Å². The van der Waals surface area contributed by atoms with Crippen LogP contribution >= 0.6 is 0 Å². The summed E-state index contributed by atoms with van der Waals surface area (Å²) < 4.78 is 4.65. The fourth-order valence-corrected chi connectivity index (χ4v) is 2.79. The van der Waals surface area contributed by atoms with E-state index in [9.17, 15) is 14.7 Å². The molecule has 0 aromatic carbocycles. The van der Waals surface area contributed by atoms with Crippen LogP contribution in [0.2, 0.25) is 0 Å². The Kier molecular flexibility index (Phi) is 6.16. The second-order valence-electron chi connectivity index (χ2n) is 7.88. The summed E-state index contributed by atoms with van der Waals surface area (Å²) in [5.41, 5.74) is 0.996. The molecule has 2 N–H and O–H groups in total. The zero-order valence-electron chi connectivity index (χ0n) is 15.4. The lowest BCUT2D eigenvalue weighted by molar-refractivity contribution is -0.151. The SMILES string of the molecule is COC(=O)C1C[C@@H](O)CN1C(=O)CC(C)(C)C.c1n[nH]nc1C1CC1. The molecule has 1 unspecified atom stereocenters. The summed E-state index contributed by atoms with van der Waals surface area (Å²) in [5.74, 6) is 0.169. The molecule has 2 fully saturated rings. The molecule has 1 aliphatic heterocycles. The van der Waals surface area contributed by atoms with Crippen LogP contribution in [0.1, 0.15) is 58.1 Å². The average molecular weight is 352 g/mol. The van der Waals surface area contributed by atoms with Crippen molar-refractivity contribution in [3.8, 4) is 0 Å². The largest absolute Gasteiger partial charge is 0.467 e. The van der Waals surface area contributed by atoms with Gasteiger partial charge in [0.15, 0.2) is 0 Å². The number of methoxy groups -OCH3 is 1. The van der Waals surface area contributed by atoms with Gasteiger partial charge >= 0.3 is 5.97 Å². The molecule has 3 rings (SSSR count). The first-order valence-electron chi connectivity index (χ1n) is 8.62. The van der Waals surface area contributed by atoms with Gasteiger partial charge in [-0.15, -0.1) is 0 Å². The number of nitrogens with zero attached hydrogens (tertiary/aromatic N) is 3. The average Bonchev–Trinajstić information content (AvgIpc) is 3.08. The number of esters is 1. The van der Waals surface area contributed by atoms with E-state index in [1.165, 1.54) is 24.9 Å². The third kappa shape index (κ3) is 5.81. The molecular formula is C17H28N4O4. The van der Waals surface area contributed by atoms with Gasteiger partial charge in [-0.1, -0.05) is 20.8 Å². The number of aliphatic hydroxyl groups excluding tert-OH is 1. The maximum Gasteiger partial charge on any atom is 0.328 e. The van der Waals surface area contributed by atoms with Gasteiger partial charge in [-0.3, -0.25) is 4.79 Å². The van der Waals surface area contributed by atoms with Gasteiger partial charge in [0.2, 0.25) is 5.91 Å². The Morgan fingerprint density at radius 2 is 2.08 bits per heavy atom. The quantitative estimate of drug-likeness (QED) is 0.792. The number of β-amino-alcohol motifs (C(OH)–C–C–N with tert-alkyl or cyclic N) is 1. The number of hydrogen-bond acceptors (Lipinski definition) is 6. The molecule has 1 aromatic rings. The van der Waals surface area contributed by atoms with Crippen LogP contribution in [0.3, 0.4) is 0 Å². The van der Waals surface area contributed by atoms with Gasteiger partial charge in [-0.25, -0.2) is 4.79 Å². The fourth-order valence-electron chi connectivity index (χ4n) is 2.79. The van der Waals surface area contributed by atoms with Crippen molar-refractivity contribution in [1.82, 2.24) is 20.3 Å². The van der Waals surface area contributed by atoms with Gasteiger partial charge in [-0.2, -0.15) is 15.4 Å². The Balaban J connectivity index is 0.000000230. The molecule has 1 aliphatic carbocycles. The first kappa shape index (κ1) is 19.4. The third-order valence-corrected chi connectivity index (χ3v) is 4.18. The Morgan fingerprint density at radius 3 is 2.56 bits per heavy atom. The van der Waals surface area contributed by atoms with Crippen LogP contribution in [0.5, 0.6) is 0 Å². The minimum absolute atomic E-state index is 0.107. The number of amides is 1. The van der Waals surface area contributed by atoms with Crippen LogP contribution in [0.4, 0.5) is 0 Å². The molecule has 8 nitrogen and oxygen atoms in total. The van der Waals surface area contributed by atoms with E-state index in [4.69, 9.17) is 0 Å². The molecule has 2 aliphatic rings. The number of rotatable bonds is 3. The number of carbonyl (C=O) groups is 2. The standard InChI is InChI=1S/C12H21NO4.C5H7N3/c1-12(2,3)6-10(15)13-7-8(14)5-9(13)11(16)17-4;1-2-4(1)5-3-6-8-7-5/h8-9,14H,5-7H2,1-4H3;3-4H,1-2H2,(H,6,7,8)/t8-,9?;/m1./s1. The molecule has 1 amide bonds. The minimum Gasteiger partial charge on any atom is -0.467 e. The monoisotopic (exact) mass is 352 g/mol. The van der Waals surface area contributed by atoms with E-state index in [0.717, 1.165) is 11.6 Å². The van der Waals surface area contributed by atoms with E-state index < -0.39 is 18.1 Å². The number of carbonyl (C=O) groups excluding carboxylic acids is 2. The van der Waals surface area contributed by atoms with Crippen molar-refractivity contribution in [3.05, 3.63) is 11.9 Å². The molecule has 25 heavy (non-hydrogen) atoms. The minimum atomic E-state index is -0.636. The molecule has 1 saturated carbocycles. The van der Waals surface area contributed by atoms with Crippen molar-refractivity contribution in [2.75, 3.05) is 13.7 Å². The third-order valence-electron chi connectivity index (χ3n) is 4.18. The van der Waals surface area contributed by atoms with E-state index in [1.807, 2.05) is 20.8 Å². The van der Waals surface area contributed by atoms with Crippen LogP contribution < -0.4 is 0 Å². The maximum absolute atomic E-state index is 12.0. The van der Waals surface area contributed by atoms with Gasteiger partial charge in [-0.05, 0) is 18.3 Å². The number of aliphatic hydroxyl groups is 1. The van der Waals surface area contributed by atoms with E-state index in [-0.39, 0.29) is 24.3 Å². The van der Waals surface area contributed by atoms with Gasteiger partial charge in [0, 0.05) is 25.3 Å². The normalized spacial score (nSPS) is 23.0. The second-order valence-corrected chi connectivity index (χ2v) is 7.88. The van der Waals surface area contributed by atoms with E-state index >= 15 is 0 Å². The zero-order valence-corrected chi connectivity index (χ0v) is 15.4. The summed E-state index contributed by atoms with van der Waals surface area (Å²) in [6.45, 7) is 6.11. The predicted molar refractivity (Wildman–Crippen MR) is 90.6 cm³/mol. The lowest BCUT2D eigenvalue weighted by Crippen LogP contribution is -2.42.